The molecule has 0 bridgehead atoms. The Bertz CT molecular complexity index is 270. The van der Waals surface area contributed by atoms with Crippen LogP contribution in [-0.2, 0) is 9.53 Å². The molecular weight excluding hydrogens is 204 g/mol. The van der Waals surface area contributed by atoms with Gasteiger partial charge < -0.3 is 15.0 Å². The average Bonchev–Trinajstić information content (AvgIpc) is 2.67. The van der Waals surface area contributed by atoms with Crippen molar-refractivity contribution in [2.24, 2.45) is 5.92 Å². The predicted octanol–water partition coefficient (Wildman–Crippen LogP) is 0.620. The second-order valence-electron chi connectivity index (χ2n) is 5.18. The van der Waals surface area contributed by atoms with Crippen molar-refractivity contribution in [3.05, 3.63) is 0 Å². The number of amides is 1. The monoisotopic (exact) mass is 226 g/mol. The van der Waals surface area contributed by atoms with E-state index in [0.717, 1.165) is 19.5 Å². The average molecular weight is 226 g/mol. The maximum absolute atomic E-state index is 12.4. The van der Waals surface area contributed by atoms with Gasteiger partial charge in [0.1, 0.15) is 0 Å². The number of nitrogens with one attached hydrogen (secondary N) is 1. The molecule has 1 N–H and O–H groups in total. The van der Waals surface area contributed by atoms with Gasteiger partial charge in [-0.2, -0.15) is 0 Å². The zero-order chi connectivity index (χ0) is 11.7. The van der Waals surface area contributed by atoms with Crippen LogP contribution in [0.4, 0.5) is 0 Å². The molecule has 4 heteroatoms. The summed E-state index contributed by atoms with van der Waals surface area (Å²) in [6.07, 6.45) is 1.27. The van der Waals surface area contributed by atoms with E-state index in [1.54, 1.807) is 0 Å². The van der Waals surface area contributed by atoms with Crippen LogP contribution in [0.5, 0.6) is 0 Å². The van der Waals surface area contributed by atoms with E-state index in [9.17, 15) is 4.79 Å². The molecule has 2 saturated heterocycles. The van der Waals surface area contributed by atoms with Crippen LogP contribution in [0.2, 0.25) is 0 Å². The molecule has 1 amide bonds. The third-order valence-corrected chi connectivity index (χ3v) is 3.69. The van der Waals surface area contributed by atoms with Crippen LogP contribution in [0.3, 0.4) is 0 Å². The van der Waals surface area contributed by atoms with Gasteiger partial charge in [-0.05, 0) is 32.7 Å². The largest absolute Gasteiger partial charge is 0.375 e. The fourth-order valence-electron chi connectivity index (χ4n) is 2.55. The summed E-state index contributed by atoms with van der Waals surface area (Å²) in [5.41, 5.74) is 0. The van der Waals surface area contributed by atoms with E-state index in [-0.39, 0.29) is 24.1 Å². The third-order valence-electron chi connectivity index (χ3n) is 3.69. The molecule has 2 aliphatic rings. The summed E-state index contributed by atoms with van der Waals surface area (Å²) in [4.78, 5) is 14.4. The van der Waals surface area contributed by atoms with E-state index < -0.39 is 0 Å². The van der Waals surface area contributed by atoms with Crippen molar-refractivity contribution in [3.8, 4) is 0 Å². The quantitative estimate of drug-likeness (QED) is 0.712. The first-order valence-electron chi connectivity index (χ1n) is 6.25. The molecule has 0 saturated carbocycles. The van der Waals surface area contributed by atoms with Gasteiger partial charge in [-0.15, -0.1) is 0 Å². The summed E-state index contributed by atoms with van der Waals surface area (Å²) < 4.78 is 5.55. The van der Waals surface area contributed by atoms with Gasteiger partial charge in [0.05, 0.1) is 24.8 Å². The third kappa shape index (κ3) is 2.23. The Hall–Kier alpha value is -0.610. The van der Waals surface area contributed by atoms with Crippen molar-refractivity contribution in [2.75, 3.05) is 19.7 Å². The molecule has 4 atom stereocenters. The smallest absolute Gasteiger partial charge is 0.240 e. The normalized spacial score (nSPS) is 40.1. The first-order chi connectivity index (χ1) is 7.59. The van der Waals surface area contributed by atoms with Crippen molar-refractivity contribution >= 4 is 5.91 Å². The van der Waals surface area contributed by atoms with Crippen LogP contribution < -0.4 is 5.32 Å². The Morgan fingerprint density at radius 1 is 1.38 bits per heavy atom. The molecule has 0 aromatic heterocycles. The van der Waals surface area contributed by atoms with Crippen molar-refractivity contribution in [3.63, 3.8) is 0 Å². The van der Waals surface area contributed by atoms with Crippen molar-refractivity contribution in [2.45, 2.75) is 45.4 Å². The lowest BCUT2D eigenvalue weighted by atomic mass is 10.0. The van der Waals surface area contributed by atoms with Crippen LogP contribution in [0.1, 0.15) is 27.2 Å². The highest BCUT2D eigenvalue weighted by Gasteiger charge is 2.36. The number of rotatable bonds is 1. The molecular formula is C12H22N2O2. The molecule has 0 aliphatic carbocycles. The van der Waals surface area contributed by atoms with E-state index in [0.29, 0.717) is 12.5 Å². The summed E-state index contributed by atoms with van der Waals surface area (Å²) in [6.45, 7) is 8.59. The minimum atomic E-state index is 0.0211. The fourth-order valence-corrected chi connectivity index (χ4v) is 2.55. The number of ether oxygens (including phenoxy) is 1. The number of carbonyl (C=O) groups excluding carboxylic acids is 1. The molecule has 2 rings (SSSR count). The van der Waals surface area contributed by atoms with E-state index in [1.165, 1.54) is 0 Å². The van der Waals surface area contributed by atoms with Crippen molar-refractivity contribution < 1.29 is 9.53 Å². The lowest BCUT2D eigenvalue weighted by Gasteiger charge is -2.38. The van der Waals surface area contributed by atoms with E-state index in [2.05, 4.69) is 19.2 Å². The molecule has 4 nitrogen and oxygen atoms in total. The lowest BCUT2D eigenvalue weighted by Crippen LogP contribution is -2.55. The molecule has 0 aromatic carbocycles. The van der Waals surface area contributed by atoms with Crippen molar-refractivity contribution in [1.82, 2.24) is 10.2 Å². The summed E-state index contributed by atoms with van der Waals surface area (Å²) in [6, 6.07) is 0.228. The van der Waals surface area contributed by atoms with Gasteiger partial charge in [0.25, 0.3) is 0 Å². The molecule has 2 heterocycles. The second kappa shape index (κ2) is 4.72. The topological polar surface area (TPSA) is 41.6 Å². The first-order valence-corrected chi connectivity index (χ1v) is 6.25. The van der Waals surface area contributed by atoms with E-state index >= 15 is 0 Å². The molecule has 0 spiro atoms. The summed E-state index contributed by atoms with van der Waals surface area (Å²) in [5.74, 6) is 0.713. The predicted molar refractivity (Wildman–Crippen MR) is 62.2 cm³/mol. The molecule has 2 aliphatic heterocycles. The molecule has 92 valence electrons. The molecule has 4 unspecified atom stereocenters. The van der Waals surface area contributed by atoms with Gasteiger partial charge in [-0.25, -0.2) is 0 Å². The zero-order valence-corrected chi connectivity index (χ0v) is 10.4. The molecule has 0 radical (unpaired) electrons. The Labute approximate surface area is 97.3 Å². The fraction of sp³-hybridized carbons (Fsp3) is 0.917. The van der Waals surface area contributed by atoms with Gasteiger partial charge in [-0.1, -0.05) is 6.92 Å². The van der Waals surface area contributed by atoms with Crippen molar-refractivity contribution in [1.29, 1.82) is 0 Å². The summed E-state index contributed by atoms with van der Waals surface area (Å²) in [5, 5.41) is 3.31. The Morgan fingerprint density at radius 3 is 2.75 bits per heavy atom. The van der Waals surface area contributed by atoms with Crippen LogP contribution in [0.25, 0.3) is 0 Å². The minimum absolute atomic E-state index is 0.0211. The highest BCUT2D eigenvalue weighted by molar-refractivity contribution is 5.83. The van der Waals surface area contributed by atoms with Crippen LogP contribution in [-0.4, -0.2) is 48.7 Å². The van der Waals surface area contributed by atoms with Gasteiger partial charge in [0.2, 0.25) is 5.91 Å². The second-order valence-corrected chi connectivity index (χ2v) is 5.18. The molecule has 16 heavy (non-hydrogen) atoms. The maximum atomic E-state index is 12.4. The minimum Gasteiger partial charge on any atom is -0.375 e. The summed E-state index contributed by atoms with van der Waals surface area (Å²) >= 11 is 0. The SMILES string of the molecule is CC1CN(C(=O)C2NCCC2C)C(C)CO1. The van der Waals surface area contributed by atoms with Crippen LogP contribution >= 0.6 is 0 Å². The number of morpholine rings is 1. The van der Waals surface area contributed by atoms with Crippen LogP contribution in [0.15, 0.2) is 0 Å². The highest BCUT2D eigenvalue weighted by Crippen LogP contribution is 2.20. The zero-order valence-electron chi connectivity index (χ0n) is 10.4. The highest BCUT2D eigenvalue weighted by atomic mass is 16.5. The van der Waals surface area contributed by atoms with Crippen LogP contribution in [0, 0.1) is 5.92 Å². The summed E-state index contributed by atoms with van der Waals surface area (Å²) in [7, 11) is 0. The van der Waals surface area contributed by atoms with Gasteiger partial charge in [-0.3, -0.25) is 4.79 Å². The lowest BCUT2D eigenvalue weighted by molar-refractivity contribution is -0.145. The molecule has 2 fully saturated rings. The number of hydrogen-bond donors (Lipinski definition) is 1. The van der Waals surface area contributed by atoms with Gasteiger partial charge in [0.15, 0.2) is 0 Å². The Morgan fingerprint density at radius 2 is 2.12 bits per heavy atom. The van der Waals surface area contributed by atoms with E-state index in [1.807, 2.05) is 11.8 Å². The number of carbonyl (C=O) groups is 1. The van der Waals surface area contributed by atoms with Gasteiger partial charge in [0, 0.05) is 6.54 Å². The Balaban J connectivity index is 2.02. The Kier molecular flexibility index (Phi) is 3.50. The standard InChI is InChI=1S/C12H22N2O2/c1-8-4-5-13-11(8)12(15)14-6-10(3)16-7-9(14)2/h8-11,13H,4-7H2,1-3H3. The first kappa shape index (κ1) is 11.9. The van der Waals surface area contributed by atoms with E-state index in [4.69, 9.17) is 4.74 Å². The van der Waals surface area contributed by atoms with Gasteiger partial charge >= 0.3 is 0 Å². The number of hydrogen-bond acceptors (Lipinski definition) is 3. The molecule has 0 aromatic rings. The number of nitrogens with zero attached hydrogens (tertiary/aromatic N) is 1. The maximum Gasteiger partial charge on any atom is 0.240 e.